The molecule has 0 bridgehead atoms. The summed E-state index contributed by atoms with van der Waals surface area (Å²) in [5.41, 5.74) is 2.01. The summed E-state index contributed by atoms with van der Waals surface area (Å²) in [6.07, 6.45) is 3.45. The Kier molecular flexibility index (Phi) is 3.17. The molecule has 1 aromatic carbocycles. The maximum atomic E-state index is 11.8. The minimum atomic E-state index is -0.918. The molecule has 2 aliphatic heterocycles. The molecule has 0 aromatic heterocycles. The molecule has 1 saturated heterocycles. The molecule has 3 rings (SSSR count). The number of nitrogens with zero attached hydrogens (tertiary/aromatic N) is 1. The molecule has 1 fully saturated rings. The number of carbonyl (C=O) groups excluding carboxylic acids is 2. The Hall–Kier alpha value is -2.69. The highest BCUT2D eigenvalue weighted by molar-refractivity contribution is 6.15. The molecule has 5 heteroatoms. The van der Waals surface area contributed by atoms with Crippen LogP contribution in [0.3, 0.4) is 0 Å². The lowest BCUT2D eigenvalue weighted by atomic mass is 9.95. The topological polar surface area (TPSA) is 65.0 Å². The number of benzene rings is 1. The van der Waals surface area contributed by atoms with Gasteiger partial charge in [0.1, 0.15) is 11.5 Å². The fourth-order valence-electron chi connectivity index (χ4n) is 2.34. The van der Waals surface area contributed by atoms with Gasteiger partial charge in [0.25, 0.3) is 5.91 Å². The highest BCUT2D eigenvalue weighted by Crippen LogP contribution is 2.35. The molecule has 106 valence electrons. The van der Waals surface area contributed by atoms with Gasteiger partial charge >= 0.3 is 5.97 Å². The number of methoxy groups -OCH3 is 1. The molecule has 0 aliphatic carbocycles. The number of ether oxygens (including phenoxy) is 2. The molecular weight excluding hydrogens is 270 g/mol. The summed E-state index contributed by atoms with van der Waals surface area (Å²) < 4.78 is 10.3. The van der Waals surface area contributed by atoms with Crippen LogP contribution < -0.4 is 4.74 Å². The van der Waals surface area contributed by atoms with E-state index in [0.29, 0.717) is 17.0 Å². The van der Waals surface area contributed by atoms with Crippen LogP contribution in [0.15, 0.2) is 46.7 Å². The quantitative estimate of drug-likeness (QED) is 0.616. The number of allylic oxidation sites excluding steroid dienone is 2. The lowest BCUT2D eigenvalue weighted by Gasteiger charge is -2.09. The fraction of sp³-hybridized carbons (Fsp3) is 0.188. The summed E-state index contributed by atoms with van der Waals surface area (Å²) in [6, 6.07) is 7.32. The van der Waals surface area contributed by atoms with Crippen LogP contribution in [0.2, 0.25) is 0 Å². The maximum Gasteiger partial charge on any atom is 0.328 e. The monoisotopic (exact) mass is 283 g/mol. The van der Waals surface area contributed by atoms with Crippen molar-refractivity contribution < 1.29 is 19.1 Å². The Morgan fingerprint density at radius 3 is 2.62 bits per heavy atom. The normalized spacial score (nSPS) is 22.6. The van der Waals surface area contributed by atoms with Crippen LogP contribution in [0.4, 0.5) is 0 Å². The van der Waals surface area contributed by atoms with Gasteiger partial charge in [-0.25, -0.2) is 4.99 Å². The third kappa shape index (κ3) is 2.38. The number of fused-ring (bicyclic) bond motifs is 1. The first-order chi connectivity index (χ1) is 10.1. The van der Waals surface area contributed by atoms with Gasteiger partial charge in [0, 0.05) is 11.3 Å². The highest BCUT2D eigenvalue weighted by Gasteiger charge is 2.43. The van der Waals surface area contributed by atoms with E-state index in [1.807, 2.05) is 24.3 Å². The van der Waals surface area contributed by atoms with Crippen LogP contribution in [0.5, 0.6) is 5.75 Å². The van der Waals surface area contributed by atoms with E-state index >= 15 is 0 Å². The SMILES string of the molecule is COc1ccc(C=C2OC(=O)C3C(=O)N=C(C)C=C23)cc1. The molecule has 0 radical (unpaired) electrons. The van der Waals surface area contributed by atoms with E-state index in [2.05, 4.69) is 4.99 Å². The molecule has 1 amide bonds. The number of dihydropyridines is 1. The molecule has 0 saturated carbocycles. The number of esters is 1. The van der Waals surface area contributed by atoms with E-state index in [9.17, 15) is 9.59 Å². The summed E-state index contributed by atoms with van der Waals surface area (Å²) in [4.78, 5) is 27.4. The zero-order valence-corrected chi connectivity index (χ0v) is 11.6. The minimum absolute atomic E-state index is 0.401. The Labute approximate surface area is 121 Å². The van der Waals surface area contributed by atoms with Crippen LogP contribution in [-0.4, -0.2) is 24.7 Å². The molecule has 2 heterocycles. The Bertz CT molecular complexity index is 710. The second kappa shape index (κ2) is 5.01. The number of carbonyl (C=O) groups is 2. The number of amides is 1. The zero-order valence-electron chi connectivity index (χ0n) is 11.6. The van der Waals surface area contributed by atoms with E-state index in [1.165, 1.54) is 0 Å². The van der Waals surface area contributed by atoms with Gasteiger partial charge in [0.15, 0.2) is 5.92 Å². The van der Waals surface area contributed by atoms with Crippen LogP contribution in [0, 0.1) is 5.92 Å². The lowest BCUT2D eigenvalue weighted by molar-refractivity contribution is -0.142. The van der Waals surface area contributed by atoms with Crippen LogP contribution in [0.1, 0.15) is 12.5 Å². The van der Waals surface area contributed by atoms with Gasteiger partial charge in [-0.15, -0.1) is 0 Å². The average molecular weight is 283 g/mol. The first kappa shape index (κ1) is 13.3. The number of hydrogen-bond acceptors (Lipinski definition) is 4. The number of rotatable bonds is 2. The van der Waals surface area contributed by atoms with Crippen molar-refractivity contribution in [3.05, 3.63) is 47.2 Å². The van der Waals surface area contributed by atoms with Crippen LogP contribution in [0.25, 0.3) is 6.08 Å². The average Bonchev–Trinajstić information content (AvgIpc) is 2.76. The van der Waals surface area contributed by atoms with E-state index in [1.54, 1.807) is 26.2 Å². The molecule has 0 spiro atoms. The lowest BCUT2D eigenvalue weighted by Crippen LogP contribution is -2.23. The van der Waals surface area contributed by atoms with Crippen LogP contribution >= 0.6 is 0 Å². The van der Waals surface area contributed by atoms with Crippen molar-refractivity contribution in [2.24, 2.45) is 10.9 Å². The maximum absolute atomic E-state index is 11.8. The van der Waals surface area contributed by atoms with Gasteiger partial charge in [-0.2, -0.15) is 0 Å². The van der Waals surface area contributed by atoms with Crippen molar-refractivity contribution >= 4 is 23.7 Å². The number of hydrogen-bond donors (Lipinski definition) is 0. The predicted molar refractivity (Wildman–Crippen MR) is 76.8 cm³/mol. The number of cyclic esters (lactones) is 1. The highest BCUT2D eigenvalue weighted by atomic mass is 16.5. The second-order valence-corrected chi connectivity index (χ2v) is 4.83. The molecule has 21 heavy (non-hydrogen) atoms. The summed E-state index contributed by atoms with van der Waals surface area (Å²) >= 11 is 0. The third-order valence-electron chi connectivity index (χ3n) is 3.35. The molecule has 1 aromatic rings. The molecular formula is C16H13NO4. The third-order valence-corrected chi connectivity index (χ3v) is 3.35. The van der Waals surface area contributed by atoms with Gasteiger partial charge in [-0.1, -0.05) is 12.1 Å². The van der Waals surface area contributed by atoms with E-state index in [0.717, 1.165) is 11.3 Å². The standard InChI is InChI=1S/C16H13NO4/c1-9-7-12-13(21-16(19)14(12)15(18)17-9)8-10-3-5-11(20-2)6-4-10/h3-8,14H,1-2H3. The summed E-state index contributed by atoms with van der Waals surface area (Å²) in [6.45, 7) is 1.72. The molecule has 1 atom stereocenters. The summed E-state index contributed by atoms with van der Waals surface area (Å²) in [7, 11) is 1.59. The second-order valence-electron chi connectivity index (χ2n) is 4.83. The van der Waals surface area contributed by atoms with Gasteiger partial charge in [-0.05, 0) is 36.8 Å². The summed E-state index contributed by atoms with van der Waals surface area (Å²) in [5, 5.41) is 0. The first-order valence-electron chi connectivity index (χ1n) is 6.47. The minimum Gasteiger partial charge on any atom is -0.497 e. The van der Waals surface area contributed by atoms with Gasteiger partial charge in [0.05, 0.1) is 7.11 Å². The van der Waals surface area contributed by atoms with Crippen molar-refractivity contribution in [3.63, 3.8) is 0 Å². The predicted octanol–water partition coefficient (Wildman–Crippen LogP) is 2.14. The molecule has 5 nitrogen and oxygen atoms in total. The van der Waals surface area contributed by atoms with Gasteiger partial charge < -0.3 is 9.47 Å². The summed E-state index contributed by atoms with van der Waals surface area (Å²) in [5.74, 6) is -0.806. The fourth-order valence-corrected chi connectivity index (χ4v) is 2.34. The van der Waals surface area contributed by atoms with Crippen LogP contribution in [-0.2, 0) is 14.3 Å². The van der Waals surface area contributed by atoms with E-state index < -0.39 is 17.8 Å². The van der Waals surface area contributed by atoms with Crippen molar-refractivity contribution in [3.8, 4) is 5.75 Å². The van der Waals surface area contributed by atoms with Crippen molar-refractivity contribution in [2.75, 3.05) is 7.11 Å². The van der Waals surface area contributed by atoms with Crippen molar-refractivity contribution in [1.29, 1.82) is 0 Å². The largest absolute Gasteiger partial charge is 0.497 e. The van der Waals surface area contributed by atoms with E-state index in [-0.39, 0.29) is 0 Å². The number of aliphatic imine (C=N–C) groups is 1. The Morgan fingerprint density at radius 2 is 1.95 bits per heavy atom. The molecule has 1 unspecified atom stereocenters. The Balaban J connectivity index is 1.98. The van der Waals surface area contributed by atoms with Crippen molar-refractivity contribution in [2.45, 2.75) is 6.92 Å². The van der Waals surface area contributed by atoms with Gasteiger partial charge in [-0.3, -0.25) is 9.59 Å². The molecule has 2 aliphatic rings. The van der Waals surface area contributed by atoms with E-state index in [4.69, 9.17) is 9.47 Å². The Morgan fingerprint density at radius 1 is 1.24 bits per heavy atom. The molecule has 0 N–H and O–H groups in total. The van der Waals surface area contributed by atoms with Gasteiger partial charge in [0.2, 0.25) is 0 Å². The first-order valence-corrected chi connectivity index (χ1v) is 6.47. The zero-order chi connectivity index (χ0) is 15.0. The van der Waals surface area contributed by atoms with Crippen molar-refractivity contribution in [1.82, 2.24) is 0 Å². The smallest absolute Gasteiger partial charge is 0.328 e.